The molecule has 1 amide bonds. The second kappa shape index (κ2) is 6.67. The fraction of sp³-hybridized carbons (Fsp3) is 0.400. The lowest BCUT2D eigenvalue weighted by atomic mass is 10.1. The Morgan fingerprint density at radius 2 is 2.24 bits per heavy atom. The summed E-state index contributed by atoms with van der Waals surface area (Å²) in [5.74, 6) is 0.841. The third-order valence-corrected chi connectivity index (χ3v) is 4.41. The molecular formula is C15H18N4OS. The molecule has 1 saturated heterocycles. The molecule has 1 N–H and O–H groups in total. The summed E-state index contributed by atoms with van der Waals surface area (Å²) in [5, 5.41) is 5.13. The molecule has 110 valence electrons. The Labute approximate surface area is 128 Å². The SMILES string of the molecule is O=C(Cc1cccs1)NC1CCCN(c2ncccn2)C1. The highest BCUT2D eigenvalue weighted by molar-refractivity contribution is 7.10. The molecule has 2 aromatic rings. The van der Waals surface area contributed by atoms with Gasteiger partial charge in [0, 0.05) is 36.4 Å². The number of aromatic nitrogens is 2. The van der Waals surface area contributed by atoms with Crippen molar-refractivity contribution in [3.05, 3.63) is 40.8 Å². The van der Waals surface area contributed by atoms with Gasteiger partial charge in [-0.2, -0.15) is 0 Å². The van der Waals surface area contributed by atoms with E-state index in [4.69, 9.17) is 0 Å². The van der Waals surface area contributed by atoms with Gasteiger partial charge in [0.1, 0.15) is 0 Å². The van der Waals surface area contributed by atoms with E-state index in [1.165, 1.54) is 0 Å². The molecule has 3 heterocycles. The summed E-state index contributed by atoms with van der Waals surface area (Å²) in [7, 11) is 0. The van der Waals surface area contributed by atoms with E-state index in [0.29, 0.717) is 6.42 Å². The summed E-state index contributed by atoms with van der Waals surface area (Å²) in [6.45, 7) is 1.72. The molecule has 0 spiro atoms. The fourth-order valence-corrected chi connectivity index (χ4v) is 3.28. The predicted molar refractivity (Wildman–Crippen MR) is 83.4 cm³/mol. The van der Waals surface area contributed by atoms with Gasteiger partial charge in [0.05, 0.1) is 6.42 Å². The Morgan fingerprint density at radius 3 is 3.00 bits per heavy atom. The summed E-state index contributed by atoms with van der Waals surface area (Å²) in [4.78, 5) is 23.9. The van der Waals surface area contributed by atoms with E-state index >= 15 is 0 Å². The molecule has 1 fully saturated rings. The van der Waals surface area contributed by atoms with Crippen LogP contribution in [0.2, 0.25) is 0 Å². The Balaban J connectivity index is 1.55. The summed E-state index contributed by atoms with van der Waals surface area (Å²) < 4.78 is 0. The van der Waals surface area contributed by atoms with Crippen LogP contribution < -0.4 is 10.2 Å². The summed E-state index contributed by atoms with van der Waals surface area (Å²) in [6, 6.07) is 5.96. The van der Waals surface area contributed by atoms with Crippen LogP contribution in [0, 0.1) is 0 Å². The highest BCUT2D eigenvalue weighted by Gasteiger charge is 2.22. The molecule has 1 atom stereocenters. The number of thiophene rings is 1. The van der Waals surface area contributed by atoms with Crippen LogP contribution in [0.15, 0.2) is 36.0 Å². The number of nitrogens with zero attached hydrogens (tertiary/aromatic N) is 3. The zero-order valence-corrected chi connectivity index (χ0v) is 12.6. The molecule has 1 unspecified atom stereocenters. The lowest BCUT2D eigenvalue weighted by Crippen LogP contribution is -2.48. The average Bonchev–Trinajstić information content (AvgIpc) is 3.01. The van der Waals surface area contributed by atoms with Gasteiger partial charge in [-0.15, -0.1) is 11.3 Å². The number of hydrogen-bond donors (Lipinski definition) is 1. The van der Waals surface area contributed by atoms with Crippen LogP contribution in [-0.2, 0) is 11.2 Å². The maximum Gasteiger partial charge on any atom is 0.225 e. The molecule has 0 radical (unpaired) electrons. The van der Waals surface area contributed by atoms with Gasteiger partial charge in [-0.1, -0.05) is 6.07 Å². The van der Waals surface area contributed by atoms with Gasteiger partial charge >= 0.3 is 0 Å². The molecule has 1 aliphatic heterocycles. The van der Waals surface area contributed by atoms with Crippen molar-refractivity contribution < 1.29 is 4.79 Å². The molecule has 6 heteroatoms. The highest BCUT2D eigenvalue weighted by atomic mass is 32.1. The summed E-state index contributed by atoms with van der Waals surface area (Å²) in [5.41, 5.74) is 0. The quantitative estimate of drug-likeness (QED) is 0.936. The monoisotopic (exact) mass is 302 g/mol. The van der Waals surface area contributed by atoms with E-state index in [-0.39, 0.29) is 11.9 Å². The van der Waals surface area contributed by atoms with Crippen molar-refractivity contribution in [3.63, 3.8) is 0 Å². The standard InChI is InChI=1S/C15H18N4OS/c20-14(10-13-5-2-9-21-13)18-12-4-1-8-19(11-12)15-16-6-3-7-17-15/h2-3,5-7,9,12H,1,4,8,10-11H2,(H,18,20). The lowest BCUT2D eigenvalue weighted by Gasteiger charge is -2.33. The number of hydrogen-bond acceptors (Lipinski definition) is 5. The fourth-order valence-electron chi connectivity index (χ4n) is 2.58. The topological polar surface area (TPSA) is 58.1 Å². The van der Waals surface area contributed by atoms with E-state index in [2.05, 4.69) is 20.2 Å². The van der Waals surface area contributed by atoms with Crippen LogP contribution in [0.25, 0.3) is 0 Å². The summed E-state index contributed by atoms with van der Waals surface area (Å²) in [6.07, 6.45) is 6.03. The zero-order valence-electron chi connectivity index (χ0n) is 11.7. The van der Waals surface area contributed by atoms with Gasteiger partial charge in [-0.25, -0.2) is 9.97 Å². The first kappa shape index (κ1) is 14.0. The Hall–Kier alpha value is -1.95. The molecule has 0 aliphatic carbocycles. The molecule has 0 bridgehead atoms. The second-order valence-electron chi connectivity index (χ2n) is 5.16. The maximum absolute atomic E-state index is 12.1. The largest absolute Gasteiger partial charge is 0.351 e. The van der Waals surface area contributed by atoms with E-state index in [9.17, 15) is 4.79 Å². The predicted octanol–water partition coefficient (Wildman–Crippen LogP) is 1.87. The van der Waals surface area contributed by atoms with Crippen LogP contribution in [0.5, 0.6) is 0 Å². The number of carbonyl (C=O) groups excluding carboxylic acids is 1. The molecule has 5 nitrogen and oxygen atoms in total. The maximum atomic E-state index is 12.1. The van der Waals surface area contributed by atoms with Crippen molar-refractivity contribution in [1.29, 1.82) is 0 Å². The first-order valence-electron chi connectivity index (χ1n) is 7.15. The van der Waals surface area contributed by atoms with Gasteiger partial charge in [0.25, 0.3) is 0 Å². The first-order chi connectivity index (χ1) is 10.3. The number of anilines is 1. The van der Waals surface area contributed by atoms with Crippen molar-refractivity contribution >= 4 is 23.2 Å². The minimum Gasteiger partial charge on any atom is -0.351 e. The van der Waals surface area contributed by atoms with Gasteiger partial charge < -0.3 is 10.2 Å². The number of amides is 1. The van der Waals surface area contributed by atoms with Gasteiger partial charge in [0.2, 0.25) is 11.9 Å². The Morgan fingerprint density at radius 1 is 1.38 bits per heavy atom. The minimum atomic E-state index is 0.0956. The van der Waals surface area contributed by atoms with Crippen LogP contribution in [-0.4, -0.2) is 35.0 Å². The van der Waals surface area contributed by atoms with E-state index in [1.807, 2.05) is 23.6 Å². The zero-order chi connectivity index (χ0) is 14.5. The van der Waals surface area contributed by atoms with Gasteiger partial charge in [-0.05, 0) is 30.4 Å². The van der Waals surface area contributed by atoms with Crippen LogP contribution >= 0.6 is 11.3 Å². The van der Waals surface area contributed by atoms with E-state index in [1.54, 1.807) is 23.7 Å². The smallest absolute Gasteiger partial charge is 0.225 e. The van der Waals surface area contributed by atoms with Crippen molar-refractivity contribution in [2.45, 2.75) is 25.3 Å². The average molecular weight is 302 g/mol. The third kappa shape index (κ3) is 3.78. The molecule has 21 heavy (non-hydrogen) atoms. The highest BCUT2D eigenvalue weighted by Crippen LogP contribution is 2.16. The number of rotatable bonds is 4. The summed E-state index contributed by atoms with van der Waals surface area (Å²) >= 11 is 1.62. The Bertz CT molecular complexity index is 573. The Kier molecular flexibility index (Phi) is 4.45. The normalized spacial score (nSPS) is 18.5. The van der Waals surface area contributed by atoms with Crippen LogP contribution in [0.4, 0.5) is 5.95 Å². The van der Waals surface area contributed by atoms with Crippen molar-refractivity contribution in [3.8, 4) is 0 Å². The van der Waals surface area contributed by atoms with E-state index < -0.39 is 0 Å². The molecule has 1 aliphatic rings. The first-order valence-corrected chi connectivity index (χ1v) is 8.03. The minimum absolute atomic E-state index is 0.0956. The molecule has 3 rings (SSSR count). The molecule has 0 saturated carbocycles. The van der Waals surface area contributed by atoms with Crippen molar-refractivity contribution in [1.82, 2.24) is 15.3 Å². The lowest BCUT2D eigenvalue weighted by molar-refractivity contribution is -0.121. The number of carbonyl (C=O) groups is 1. The molecule has 2 aromatic heterocycles. The van der Waals surface area contributed by atoms with Crippen molar-refractivity contribution in [2.75, 3.05) is 18.0 Å². The van der Waals surface area contributed by atoms with Crippen molar-refractivity contribution in [2.24, 2.45) is 0 Å². The molecule has 0 aromatic carbocycles. The third-order valence-electron chi connectivity index (χ3n) is 3.54. The van der Waals surface area contributed by atoms with E-state index in [0.717, 1.165) is 36.8 Å². The van der Waals surface area contributed by atoms with Crippen LogP contribution in [0.1, 0.15) is 17.7 Å². The second-order valence-corrected chi connectivity index (χ2v) is 6.19. The molecular weight excluding hydrogens is 284 g/mol. The number of nitrogens with one attached hydrogen (secondary N) is 1. The number of piperidine rings is 1. The van der Waals surface area contributed by atoms with Gasteiger partial charge in [0.15, 0.2) is 0 Å². The van der Waals surface area contributed by atoms with Crippen LogP contribution in [0.3, 0.4) is 0 Å². The van der Waals surface area contributed by atoms with Gasteiger partial charge in [-0.3, -0.25) is 4.79 Å².